The predicted octanol–water partition coefficient (Wildman–Crippen LogP) is 2.45. The van der Waals surface area contributed by atoms with Crippen LogP contribution >= 0.6 is 0 Å². The maximum Gasteiger partial charge on any atom is 0.311 e. The Morgan fingerprint density at radius 1 is 0.939 bits per heavy atom. The molecule has 13 nitrogen and oxygen atoms in total. The number of aliphatic hydroxyl groups excluding tert-OH is 2. The minimum atomic E-state index is -1.65. The first-order valence-corrected chi connectivity index (χ1v) is 17.8. The van der Waals surface area contributed by atoms with Crippen LogP contribution in [0.5, 0.6) is 0 Å². The zero-order valence-corrected chi connectivity index (χ0v) is 31.3. The van der Waals surface area contributed by atoms with Gasteiger partial charge in [0.25, 0.3) is 0 Å². The Hall–Kier alpha value is -1.68. The van der Waals surface area contributed by atoms with Crippen LogP contribution in [0.15, 0.2) is 11.3 Å². The largest absolute Gasteiger partial charge is 0.479 e. The van der Waals surface area contributed by atoms with Crippen LogP contribution in [0.1, 0.15) is 94.9 Å². The van der Waals surface area contributed by atoms with E-state index >= 15 is 0 Å². The van der Waals surface area contributed by atoms with Gasteiger partial charge in [0.05, 0.1) is 41.5 Å². The highest BCUT2D eigenvalue weighted by atomic mass is 16.7. The minimum Gasteiger partial charge on any atom is -0.479 e. The Labute approximate surface area is 291 Å². The first kappa shape index (κ1) is 40.1. The summed E-state index contributed by atoms with van der Waals surface area (Å²) < 4.78 is 37.8. The van der Waals surface area contributed by atoms with Crippen molar-refractivity contribution < 1.29 is 58.4 Å². The smallest absolute Gasteiger partial charge is 0.311 e. The minimum absolute atomic E-state index is 0.0814. The first-order valence-electron chi connectivity index (χ1n) is 17.8. The third-order valence-electron chi connectivity index (χ3n) is 11.3. The second-order valence-corrected chi connectivity index (χ2v) is 16.0. The SMILES string of the molecule is CC[C@H]1OC(=O)C(C)C(O[C@H]2C[C@@](C)(O)[C@@H](O)[C@H](C)O2)[C@H](C)[C@@H](O[C@@H]2O[C@H](C)C[C@H](N(C)C)[C@H]2O)[C@](C)(O)C[C@@H](C)C2=C(C)C(=O)[C@]1(C)O2. The number of rotatable bonds is 6. The Kier molecular flexibility index (Phi) is 12.1. The summed E-state index contributed by atoms with van der Waals surface area (Å²) in [6, 6.07) is -0.288. The van der Waals surface area contributed by atoms with Crippen molar-refractivity contribution >= 4 is 11.8 Å². The standard InChI is InChI=1S/C36H61NO12/c1-13-24-36(10)29(39)19(4)27(49-36)17(2)15-35(9,43)31(48-33-26(38)23(37(11)12)14-18(3)44-33)20(5)28(21(6)32(41)46-24)47-25-16-34(8,42)30(40)22(7)45-25/h17-18,20-26,28,30-31,33,38,40,42-43H,13-16H2,1-12H3/t17-,18-,20+,21?,22+,23+,24-,25+,26-,28?,30+,31-,33+,34-,35-,36-/m1/s1. The number of hydrogen-bond donors (Lipinski definition) is 4. The molecule has 0 aromatic rings. The van der Waals surface area contributed by atoms with Crippen molar-refractivity contribution in [3.8, 4) is 0 Å². The summed E-state index contributed by atoms with van der Waals surface area (Å²) in [4.78, 5) is 29.7. The van der Waals surface area contributed by atoms with Crippen molar-refractivity contribution in [3.63, 3.8) is 0 Å². The number of aliphatic hydroxyl groups is 4. The highest BCUT2D eigenvalue weighted by Gasteiger charge is 2.56. The number of nitrogens with zero attached hydrogens (tertiary/aromatic N) is 1. The van der Waals surface area contributed by atoms with E-state index < -0.39 is 89.7 Å². The molecule has 4 aliphatic rings. The van der Waals surface area contributed by atoms with Crippen LogP contribution in [0.25, 0.3) is 0 Å². The average Bonchev–Trinajstić information content (AvgIpc) is 3.24. The summed E-state index contributed by atoms with van der Waals surface area (Å²) in [5, 5.41) is 45.5. The molecule has 0 radical (unpaired) electrons. The average molecular weight is 700 g/mol. The lowest BCUT2D eigenvalue weighted by Crippen LogP contribution is -2.60. The monoisotopic (exact) mass is 699 g/mol. The number of ether oxygens (including phenoxy) is 6. The Morgan fingerprint density at radius 3 is 2.14 bits per heavy atom. The summed E-state index contributed by atoms with van der Waals surface area (Å²) in [6.07, 6.45) is -7.68. The van der Waals surface area contributed by atoms with E-state index in [1.54, 1.807) is 41.5 Å². The normalized spacial score (nSPS) is 48.8. The van der Waals surface area contributed by atoms with Gasteiger partial charge < -0.3 is 53.7 Å². The molecule has 4 N–H and O–H groups in total. The van der Waals surface area contributed by atoms with Gasteiger partial charge in [-0.15, -0.1) is 0 Å². The second kappa shape index (κ2) is 14.7. The summed E-state index contributed by atoms with van der Waals surface area (Å²) in [5.41, 5.74) is -4.26. The number of carbonyl (C=O) groups excluding carboxylic acids is 2. The van der Waals surface area contributed by atoms with Crippen molar-refractivity contribution in [2.75, 3.05) is 14.1 Å². The Bertz CT molecular complexity index is 1240. The van der Waals surface area contributed by atoms with Crippen LogP contribution in [0, 0.1) is 17.8 Å². The van der Waals surface area contributed by atoms with Crippen LogP contribution in [-0.4, -0.2) is 129 Å². The fraction of sp³-hybridized carbons (Fsp3) is 0.889. The fourth-order valence-electron chi connectivity index (χ4n) is 8.40. The van der Waals surface area contributed by atoms with Crippen LogP contribution in [0.4, 0.5) is 0 Å². The van der Waals surface area contributed by atoms with Gasteiger partial charge in [-0.25, -0.2) is 0 Å². The van der Waals surface area contributed by atoms with Crippen molar-refractivity contribution in [2.24, 2.45) is 17.8 Å². The van der Waals surface area contributed by atoms with E-state index in [0.29, 0.717) is 24.2 Å². The number of likely N-dealkylation sites (N-methyl/N-ethyl adjacent to an activating group) is 1. The molecule has 3 fully saturated rings. The fourth-order valence-corrected chi connectivity index (χ4v) is 8.40. The van der Waals surface area contributed by atoms with Gasteiger partial charge in [0.15, 0.2) is 12.6 Å². The molecular weight excluding hydrogens is 638 g/mol. The van der Waals surface area contributed by atoms with E-state index in [1.165, 1.54) is 6.92 Å². The Morgan fingerprint density at radius 2 is 1.57 bits per heavy atom. The van der Waals surface area contributed by atoms with Crippen molar-refractivity contribution in [2.45, 2.75) is 173 Å². The molecule has 0 aromatic heterocycles. The van der Waals surface area contributed by atoms with Gasteiger partial charge in [0.2, 0.25) is 11.4 Å². The summed E-state index contributed by atoms with van der Waals surface area (Å²) in [7, 11) is 3.74. The second-order valence-electron chi connectivity index (χ2n) is 16.0. The molecule has 0 amide bonds. The number of allylic oxidation sites excluding steroid dienone is 1. The summed E-state index contributed by atoms with van der Waals surface area (Å²) in [6.45, 7) is 17.0. The van der Waals surface area contributed by atoms with E-state index in [0.717, 1.165) is 0 Å². The molecule has 0 aromatic carbocycles. The van der Waals surface area contributed by atoms with E-state index in [4.69, 9.17) is 28.4 Å². The van der Waals surface area contributed by atoms with Gasteiger partial charge in [-0.1, -0.05) is 20.8 Å². The van der Waals surface area contributed by atoms with Crippen LogP contribution in [0.3, 0.4) is 0 Å². The molecule has 282 valence electrons. The van der Waals surface area contributed by atoms with Crippen molar-refractivity contribution in [1.82, 2.24) is 4.90 Å². The zero-order chi connectivity index (χ0) is 37.0. The molecule has 4 rings (SSSR count). The van der Waals surface area contributed by atoms with Crippen molar-refractivity contribution in [1.29, 1.82) is 0 Å². The number of carbonyl (C=O) groups is 2. The summed E-state index contributed by atoms with van der Waals surface area (Å²) >= 11 is 0. The van der Waals surface area contributed by atoms with Gasteiger partial charge >= 0.3 is 5.97 Å². The number of fused-ring (bicyclic) bond motifs is 2. The van der Waals surface area contributed by atoms with Gasteiger partial charge in [-0.2, -0.15) is 0 Å². The lowest BCUT2D eigenvalue weighted by molar-refractivity contribution is -0.316. The number of hydrogen-bond acceptors (Lipinski definition) is 13. The topological polar surface area (TPSA) is 174 Å². The highest BCUT2D eigenvalue weighted by Crippen LogP contribution is 2.44. The van der Waals surface area contributed by atoms with E-state index in [-0.39, 0.29) is 30.8 Å². The highest BCUT2D eigenvalue weighted by molar-refractivity contribution is 6.04. The quantitative estimate of drug-likeness (QED) is 0.298. The molecule has 0 spiro atoms. The van der Waals surface area contributed by atoms with Crippen LogP contribution < -0.4 is 0 Å². The molecule has 3 saturated heterocycles. The third-order valence-corrected chi connectivity index (χ3v) is 11.3. The molecule has 0 saturated carbocycles. The van der Waals surface area contributed by atoms with E-state index in [2.05, 4.69) is 0 Å². The van der Waals surface area contributed by atoms with Gasteiger partial charge in [0, 0.05) is 29.9 Å². The van der Waals surface area contributed by atoms with Crippen LogP contribution in [0.2, 0.25) is 0 Å². The predicted molar refractivity (Wildman–Crippen MR) is 178 cm³/mol. The number of Topliss-reactive ketones (excluding diaryl/α,β-unsaturated/α-hetero) is 1. The Balaban J connectivity index is 1.82. The number of esters is 1. The van der Waals surface area contributed by atoms with Gasteiger partial charge in [0.1, 0.15) is 24.1 Å². The lowest BCUT2D eigenvalue weighted by atomic mass is 9.77. The molecule has 49 heavy (non-hydrogen) atoms. The lowest BCUT2D eigenvalue weighted by Gasteiger charge is -2.48. The molecule has 13 heteroatoms. The van der Waals surface area contributed by atoms with E-state index in [1.807, 2.05) is 39.8 Å². The molecule has 2 bridgehead atoms. The van der Waals surface area contributed by atoms with Gasteiger partial charge in [-0.05, 0) is 81.8 Å². The maximum absolute atomic E-state index is 14.1. The van der Waals surface area contributed by atoms with Crippen LogP contribution in [-0.2, 0) is 38.0 Å². The zero-order valence-electron chi connectivity index (χ0n) is 31.3. The maximum atomic E-state index is 14.1. The number of ketones is 1. The molecule has 2 unspecified atom stereocenters. The molecule has 0 aliphatic carbocycles. The van der Waals surface area contributed by atoms with E-state index in [9.17, 15) is 30.0 Å². The first-order chi connectivity index (χ1) is 22.5. The molecule has 4 aliphatic heterocycles. The number of cyclic esters (lactones) is 1. The van der Waals surface area contributed by atoms with Gasteiger partial charge in [-0.3, -0.25) is 9.59 Å². The molecule has 16 atom stereocenters. The molecular formula is C36H61NO12. The molecule has 4 heterocycles. The van der Waals surface area contributed by atoms with Crippen molar-refractivity contribution in [3.05, 3.63) is 11.3 Å². The third kappa shape index (κ3) is 7.90. The summed E-state index contributed by atoms with van der Waals surface area (Å²) in [5.74, 6) is -2.77.